The number of nitrogens with one attached hydrogen (secondary N) is 1. The molecule has 5 aromatic rings. The van der Waals surface area contributed by atoms with Gasteiger partial charge in [0.25, 0.3) is 0 Å². The SMILES string of the molecule is Cc1cc2[nH]ncc2c(-c2c(-c3ccc4c(cnn4C)c3)nn(C3CCN(C(=O)/C=C/O)CC3)c2C)c1Cl. The Morgan fingerprint density at radius 2 is 1.95 bits per heavy atom. The fraction of sp³-hybridized carbons (Fsp3) is 0.286. The molecule has 2 N–H and O–H groups in total. The molecular formula is C28H28ClN7O2. The van der Waals surface area contributed by atoms with E-state index >= 15 is 0 Å². The van der Waals surface area contributed by atoms with Gasteiger partial charge in [0.05, 0.1) is 40.8 Å². The summed E-state index contributed by atoms with van der Waals surface area (Å²) in [5, 5.41) is 28.7. The van der Waals surface area contributed by atoms with Crippen LogP contribution in [0.2, 0.25) is 5.02 Å². The van der Waals surface area contributed by atoms with Gasteiger partial charge in [0, 0.05) is 59.4 Å². The van der Waals surface area contributed by atoms with Crippen LogP contribution in [0.4, 0.5) is 0 Å². The van der Waals surface area contributed by atoms with E-state index in [1.807, 2.05) is 37.1 Å². The van der Waals surface area contributed by atoms with Crippen molar-refractivity contribution in [3.8, 4) is 22.4 Å². The third kappa shape index (κ3) is 3.85. The molecule has 2 aromatic carbocycles. The second kappa shape index (κ2) is 9.33. The van der Waals surface area contributed by atoms with Crippen molar-refractivity contribution in [2.45, 2.75) is 32.7 Å². The maximum Gasteiger partial charge on any atom is 0.249 e. The van der Waals surface area contributed by atoms with Crippen LogP contribution in [0.1, 0.15) is 30.1 Å². The number of aryl methyl sites for hydroxylation is 2. The fourth-order valence-electron chi connectivity index (χ4n) is 5.63. The minimum atomic E-state index is -0.178. The first-order valence-corrected chi connectivity index (χ1v) is 13.0. The number of aromatic nitrogens is 6. The van der Waals surface area contributed by atoms with Crippen LogP contribution in [0.3, 0.4) is 0 Å². The number of likely N-dealkylation sites (tertiary alicyclic amines) is 1. The Morgan fingerprint density at radius 3 is 2.71 bits per heavy atom. The zero-order valence-corrected chi connectivity index (χ0v) is 22.2. The largest absolute Gasteiger partial charge is 0.515 e. The highest BCUT2D eigenvalue weighted by molar-refractivity contribution is 6.36. The summed E-state index contributed by atoms with van der Waals surface area (Å²) in [4.78, 5) is 14.0. The van der Waals surface area contributed by atoms with Crippen LogP contribution in [0.5, 0.6) is 0 Å². The van der Waals surface area contributed by atoms with Crippen molar-refractivity contribution < 1.29 is 9.90 Å². The Morgan fingerprint density at radius 1 is 1.16 bits per heavy atom. The summed E-state index contributed by atoms with van der Waals surface area (Å²) < 4.78 is 3.96. The van der Waals surface area contributed by atoms with Gasteiger partial charge in [-0.3, -0.25) is 19.3 Å². The molecule has 6 rings (SSSR count). The number of hydrogen-bond donors (Lipinski definition) is 2. The summed E-state index contributed by atoms with van der Waals surface area (Å²) in [6, 6.07) is 8.41. The molecule has 0 atom stereocenters. The van der Waals surface area contributed by atoms with E-state index in [1.54, 1.807) is 4.90 Å². The Bertz CT molecular complexity index is 1720. The number of rotatable bonds is 4. The summed E-state index contributed by atoms with van der Waals surface area (Å²) in [6.45, 7) is 5.28. The van der Waals surface area contributed by atoms with Crippen LogP contribution < -0.4 is 0 Å². The number of halogens is 1. The summed E-state index contributed by atoms with van der Waals surface area (Å²) in [6.07, 6.45) is 7.20. The number of nitrogens with zero attached hydrogens (tertiary/aromatic N) is 6. The lowest BCUT2D eigenvalue weighted by Crippen LogP contribution is -2.38. The van der Waals surface area contributed by atoms with Crippen LogP contribution in [-0.4, -0.2) is 58.8 Å². The second-order valence-corrected chi connectivity index (χ2v) is 10.3. The minimum absolute atomic E-state index is 0.121. The van der Waals surface area contributed by atoms with Crippen LogP contribution in [0, 0.1) is 13.8 Å². The van der Waals surface area contributed by atoms with Crippen LogP contribution in [0.15, 0.2) is 49.0 Å². The van der Waals surface area contributed by atoms with E-state index in [-0.39, 0.29) is 11.9 Å². The third-order valence-corrected chi connectivity index (χ3v) is 8.11. The molecule has 0 spiro atoms. The quantitative estimate of drug-likeness (QED) is 0.237. The van der Waals surface area contributed by atoms with E-state index in [9.17, 15) is 4.79 Å². The maximum atomic E-state index is 12.2. The third-order valence-electron chi connectivity index (χ3n) is 7.62. The molecule has 0 radical (unpaired) electrons. The highest BCUT2D eigenvalue weighted by Crippen LogP contribution is 2.44. The van der Waals surface area contributed by atoms with E-state index in [0.717, 1.165) is 74.6 Å². The number of H-pyrrole nitrogens is 1. The van der Waals surface area contributed by atoms with Gasteiger partial charge in [0.2, 0.25) is 5.91 Å². The van der Waals surface area contributed by atoms with Crippen molar-refractivity contribution in [1.29, 1.82) is 0 Å². The minimum Gasteiger partial charge on any atom is -0.515 e. The smallest absolute Gasteiger partial charge is 0.249 e. The Kier molecular flexibility index (Phi) is 5.95. The molecule has 38 heavy (non-hydrogen) atoms. The average molecular weight is 530 g/mol. The second-order valence-electron chi connectivity index (χ2n) is 9.88. The van der Waals surface area contributed by atoms with E-state index in [0.29, 0.717) is 18.1 Å². The van der Waals surface area contributed by atoms with Gasteiger partial charge >= 0.3 is 0 Å². The molecule has 10 heteroatoms. The number of carbonyl (C=O) groups excluding carboxylic acids is 1. The number of aromatic amines is 1. The molecule has 1 fully saturated rings. The molecule has 1 aliphatic rings. The van der Waals surface area contributed by atoms with Gasteiger partial charge in [-0.25, -0.2) is 0 Å². The highest BCUT2D eigenvalue weighted by atomic mass is 35.5. The Hall–Kier alpha value is -4.11. The van der Waals surface area contributed by atoms with E-state index in [1.165, 1.54) is 6.08 Å². The van der Waals surface area contributed by atoms with E-state index in [2.05, 4.69) is 45.1 Å². The predicted octanol–water partition coefficient (Wildman–Crippen LogP) is 5.49. The van der Waals surface area contributed by atoms with Gasteiger partial charge in [-0.2, -0.15) is 15.3 Å². The van der Waals surface area contributed by atoms with Gasteiger partial charge in [-0.05, 0) is 50.5 Å². The summed E-state index contributed by atoms with van der Waals surface area (Å²) in [5.41, 5.74) is 7.68. The molecule has 0 bridgehead atoms. The topological polar surface area (TPSA) is 105 Å². The lowest BCUT2D eigenvalue weighted by Gasteiger charge is -2.32. The fourth-order valence-corrected chi connectivity index (χ4v) is 5.88. The van der Waals surface area contributed by atoms with Crippen molar-refractivity contribution in [1.82, 2.24) is 34.7 Å². The first-order chi connectivity index (χ1) is 18.4. The lowest BCUT2D eigenvalue weighted by atomic mass is 9.94. The first kappa shape index (κ1) is 24.2. The molecule has 1 saturated heterocycles. The van der Waals surface area contributed by atoms with E-state index < -0.39 is 0 Å². The number of fused-ring (bicyclic) bond motifs is 2. The van der Waals surface area contributed by atoms with Gasteiger partial charge in [0.1, 0.15) is 5.69 Å². The highest BCUT2D eigenvalue weighted by Gasteiger charge is 2.29. The zero-order valence-electron chi connectivity index (χ0n) is 21.4. The number of piperidine rings is 1. The van der Waals surface area contributed by atoms with Crippen LogP contribution >= 0.6 is 11.6 Å². The molecule has 0 aliphatic carbocycles. The van der Waals surface area contributed by atoms with Gasteiger partial charge in [-0.1, -0.05) is 17.7 Å². The number of benzene rings is 2. The molecule has 1 amide bonds. The first-order valence-electron chi connectivity index (χ1n) is 12.6. The monoisotopic (exact) mass is 529 g/mol. The van der Waals surface area contributed by atoms with Crippen molar-refractivity contribution in [3.63, 3.8) is 0 Å². The van der Waals surface area contributed by atoms with Crippen molar-refractivity contribution in [2.24, 2.45) is 7.05 Å². The summed E-state index contributed by atoms with van der Waals surface area (Å²) >= 11 is 7.01. The van der Waals surface area contributed by atoms with E-state index in [4.69, 9.17) is 21.8 Å². The van der Waals surface area contributed by atoms with Gasteiger partial charge in [0.15, 0.2) is 0 Å². The Labute approximate surface area is 224 Å². The van der Waals surface area contributed by atoms with Crippen molar-refractivity contribution in [2.75, 3.05) is 13.1 Å². The van der Waals surface area contributed by atoms with Crippen LogP contribution in [-0.2, 0) is 11.8 Å². The molecule has 0 unspecified atom stereocenters. The number of carbonyl (C=O) groups is 1. The molecule has 1 aliphatic heterocycles. The molecule has 194 valence electrons. The zero-order chi connectivity index (χ0) is 26.6. The average Bonchev–Trinajstić information content (AvgIpc) is 3.62. The lowest BCUT2D eigenvalue weighted by molar-refractivity contribution is -0.127. The predicted molar refractivity (Wildman–Crippen MR) is 148 cm³/mol. The molecule has 3 aromatic heterocycles. The summed E-state index contributed by atoms with van der Waals surface area (Å²) in [7, 11) is 1.93. The number of aliphatic hydroxyl groups is 1. The van der Waals surface area contributed by atoms with Crippen molar-refractivity contribution in [3.05, 3.63) is 65.3 Å². The van der Waals surface area contributed by atoms with Gasteiger partial charge < -0.3 is 10.0 Å². The normalized spacial score (nSPS) is 14.9. The van der Waals surface area contributed by atoms with Crippen LogP contribution in [0.25, 0.3) is 44.2 Å². The number of aliphatic hydroxyl groups excluding tert-OH is 1. The molecule has 9 nitrogen and oxygen atoms in total. The van der Waals surface area contributed by atoms with Gasteiger partial charge in [-0.15, -0.1) is 0 Å². The Balaban J connectivity index is 1.52. The summed E-state index contributed by atoms with van der Waals surface area (Å²) in [5.74, 6) is -0.178. The van der Waals surface area contributed by atoms with Crippen molar-refractivity contribution >= 4 is 39.3 Å². The maximum absolute atomic E-state index is 12.2. The molecular weight excluding hydrogens is 502 g/mol. The molecule has 4 heterocycles. The molecule has 0 saturated carbocycles. The number of amides is 1. The number of hydrogen-bond acceptors (Lipinski definition) is 5. The standard InChI is InChI=1S/C28H28ClN7O2/c1-16-12-22-21(15-30-32-22)26(27(16)29)25-17(2)36(20-6-9-35(10-7-20)24(38)8-11-37)33-28(25)18-4-5-23-19(13-18)14-31-34(23)3/h4-5,8,11-15,20,37H,6-7,9-10H2,1-3H3,(H,30,32)/b11-8+.